The van der Waals surface area contributed by atoms with Crippen molar-refractivity contribution in [2.45, 2.75) is 265 Å². The van der Waals surface area contributed by atoms with Crippen LogP contribution in [-0.2, 0) is 19.1 Å². The lowest BCUT2D eigenvalue weighted by atomic mass is 10.0. The van der Waals surface area contributed by atoms with E-state index < -0.39 is 11.2 Å². The molecule has 1 aromatic heterocycles. The number of nitrogens with one attached hydrogen (secondary N) is 3. The minimum absolute atomic E-state index is 0.386. The van der Waals surface area contributed by atoms with Crippen LogP contribution in [0.25, 0.3) is 0 Å². The van der Waals surface area contributed by atoms with Crippen molar-refractivity contribution in [1.82, 2.24) is 14.9 Å². The van der Waals surface area contributed by atoms with E-state index in [0.717, 1.165) is 83.6 Å². The fraction of sp³-hybridized carbons (Fsp3) is 0.887. The van der Waals surface area contributed by atoms with Crippen molar-refractivity contribution in [3.63, 3.8) is 0 Å². The number of hydrogen-bond acceptors (Lipinski definition) is 8. The van der Waals surface area contributed by atoms with Crippen LogP contribution in [-0.4, -0.2) is 80.0 Å². The molecule has 1 unspecified atom stereocenters. The third-order valence-electron chi connectivity index (χ3n) is 12.1. The molecule has 0 saturated heterocycles. The second kappa shape index (κ2) is 52.3. The zero-order valence-corrected chi connectivity index (χ0v) is 42.4. The van der Waals surface area contributed by atoms with E-state index >= 15 is 0 Å². The summed E-state index contributed by atoms with van der Waals surface area (Å²) in [6, 6.07) is 0. The summed E-state index contributed by atoms with van der Waals surface area (Å²) in [5, 5.41) is 3.09. The van der Waals surface area contributed by atoms with Gasteiger partial charge in [0, 0.05) is 39.8 Å². The molecule has 1 heterocycles. The van der Waals surface area contributed by atoms with Crippen LogP contribution in [0.2, 0.25) is 0 Å². The van der Waals surface area contributed by atoms with Crippen molar-refractivity contribution in [3.8, 4) is 0 Å². The van der Waals surface area contributed by atoms with Crippen molar-refractivity contribution < 1.29 is 19.1 Å². The molecule has 10 heteroatoms. The number of ether oxygens (including phenoxy) is 2. The molecule has 0 saturated carbocycles. The van der Waals surface area contributed by atoms with Gasteiger partial charge in [0.25, 0.3) is 5.56 Å². The minimum Gasteiger partial charge on any atom is -0.381 e. The van der Waals surface area contributed by atoms with Gasteiger partial charge in [-0.15, -0.1) is 0 Å². The second-order valence-corrected chi connectivity index (χ2v) is 17.8. The molecule has 1 aromatic rings. The number of carbonyl (C=O) groups excluding carboxylic acids is 2. The molecule has 0 spiro atoms. The van der Waals surface area contributed by atoms with E-state index in [0.29, 0.717) is 37.3 Å². The number of aromatic amines is 2. The molecule has 0 amide bonds. The van der Waals surface area contributed by atoms with Crippen LogP contribution in [0, 0.1) is 0 Å². The number of aldehydes is 2. The fourth-order valence-corrected chi connectivity index (χ4v) is 7.91. The number of aromatic nitrogens is 2. The molecule has 372 valence electrons. The highest BCUT2D eigenvalue weighted by molar-refractivity contribution is 5.49. The Morgan fingerprint density at radius 3 is 1.30 bits per heavy atom. The first-order chi connectivity index (χ1) is 30.9. The minimum atomic E-state index is -0.501. The van der Waals surface area contributed by atoms with Crippen LogP contribution in [0.5, 0.6) is 0 Å². The Bertz CT molecular complexity index is 1130. The molecule has 1 atom stereocenters. The first kappa shape index (κ1) is 62.8. The molecule has 0 bridgehead atoms. The summed E-state index contributed by atoms with van der Waals surface area (Å²) in [5.41, 5.74) is -0.513. The monoisotopic (exact) mass is 893 g/mol. The van der Waals surface area contributed by atoms with Gasteiger partial charge in [0.15, 0.2) is 0 Å². The lowest BCUT2D eigenvalue weighted by Crippen LogP contribution is -2.29. The number of anilines is 1. The Kier molecular flexibility index (Phi) is 52.1. The molecule has 10 nitrogen and oxygen atoms in total. The van der Waals surface area contributed by atoms with Gasteiger partial charge in [-0.2, -0.15) is 0 Å². The number of carbonyl (C=O) groups is 2. The first-order valence-electron chi connectivity index (χ1n) is 26.6. The summed E-state index contributed by atoms with van der Waals surface area (Å²) in [6.07, 6.45) is 47.9. The molecule has 0 aliphatic rings. The molecule has 63 heavy (non-hydrogen) atoms. The smallest absolute Gasteiger partial charge is 0.325 e. The summed E-state index contributed by atoms with van der Waals surface area (Å²) < 4.78 is 10.9. The maximum absolute atomic E-state index is 11.7. The van der Waals surface area contributed by atoms with E-state index in [1.165, 1.54) is 167 Å². The van der Waals surface area contributed by atoms with Crippen molar-refractivity contribution in [3.05, 3.63) is 27.0 Å². The molecular formula is C53H104N4O6. The lowest BCUT2D eigenvalue weighted by Gasteiger charge is -2.22. The van der Waals surface area contributed by atoms with Gasteiger partial charge < -0.3 is 34.3 Å². The maximum Gasteiger partial charge on any atom is 0.325 e. The van der Waals surface area contributed by atoms with E-state index in [9.17, 15) is 19.2 Å². The Morgan fingerprint density at radius 2 is 0.905 bits per heavy atom. The predicted octanol–water partition coefficient (Wildman–Crippen LogP) is 13.9. The Labute approximate surface area is 388 Å². The van der Waals surface area contributed by atoms with Gasteiger partial charge in [0.05, 0.1) is 12.2 Å². The van der Waals surface area contributed by atoms with Crippen LogP contribution in [0.1, 0.15) is 252 Å². The van der Waals surface area contributed by atoms with Gasteiger partial charge in [-0.1, -0.05) is 182 Å². The standard InChI is InChI=1S/C23H40N4O4.C18H38O.C12H26O/c28-18-11-7-3-1-5-9-15-27(16-10-6-2-4-8-12-19-29)17-13-14-24-21-20-25-23(31)26-22(21)30;1-4-6-8-10-12-14-16-18(19-3)17-15-13-11-9-7-5-2;1-4-6-7-8-9-10-11-12(5-2)13-3/h18-20,24H,1-17H2,(H2,25,26,30,31);18H,4-17H2,1-3H3;12H,4-11H2,1-3H3. The zero-order valence-electron chi connectivity index (χ0n) is 42.4. The number of nitrogens with zero attached hydrogens (tertiary/aromatic N) is 1. The molecule has 3 N–H and O–H groups in total. The Hall–Kier alpha value is -2.30. The SMILES string of the molecule is CCCCCCCCC(CC)OC.CCCCCCCCC(CCCCCCCC)OC.O=CCCCCCCCN(CCCCCCCC=O)CCCNc1c[nH]c(=O)[nH]c1=O. The van der Waals surface area contributed by atoms with E-state index in [1.807, 2.05) is 14.2 Å². The van der Waals surface area contributed by atoms with Gasteiger partial charge in [-0.25, -0.2) is 4.79 Å². The maximum atomic E-state index is 11.7. The highest BCUT2D eigenvalue weighted by Gasteiger charge is 2.08. The van der Waals surface area contributed by atoms with Crippen molar-refractivity contribution in [1.29, 1.82) is 0 Å². The summed E-state index contributed by atoms with van der Waals surface area (Å²) in [7, 11) is 3.71. The van der Waals surface area contributed by atoms with E-state index in [2.05, 4.69) is 47.9 Å². The van der Waals surface area contributed by atoms with Gasteiger partial charge in [-0.05, 0) is 77.4 Å². The van der Waals surface area contributed by atoms with Crippen molar-refractivity contribution >= 4 is 18.3 Å². The topological polar surface area (TPSA) is 134 Å². The molecule has 0 radical (unpaired) electrons. The normalized spacial score (nSPS) is 11.6. The average molecular weight is 893 g/mol. The highest BCUT2D eigenvalue weighted by Crippen LogP contribution is 2.16. The summed E-state index contributed by atoms with van der Waals surface area (Å²) in [6.45, 7) is 12.8. The third-order valence-corrected chi connectivity index (χ3v) is 12.1. The summed E-state index contributed by atoms with van der Waals surface area (Å²) in [4.78, 5) is 50.7. The Morgan fingerprint density at radius 1 is 0.524 bits per heavy atom. The summed E-state index contributed by atoms with van der Waals surface area (Å²) in [5.74, 6) is 0. The van der Waals surface area contributed by atoms with Crippen molar-refractivity contribution in [2.75, 3.05) is 45.7 Å². The van der Waals surface area contributed by atoms with Gasteiger partial charge >= 0.3 is 5.69 Å². The summed E-state index contributed by atoms with van der Waals surface area (Å²) >= 11 is 0. The predicted molar refractivity (Wildman–Crippen MR) is 271 cm³/mol. The van der Waals surface area contributed by atoms with Crippen LogP contribution < -0.4 is 16.6 Å². The Balaban J connectivity index is 0. The van der Waals surface area contributed by atoms with Crippen LogP contribution in [0.3, 0.4) is 0 Å². The van der Waals surface area contributed by atoms with Crippen molar-refractivity contribution in [2.24, 2.45) is 0 Å². The quantitative estimate of drug-likeness (QED) is 0.0435. The zero-order chi connectivity index (χ0) is 46.7. The van der Waals surface area contributed by atoms with Crippen LogP contribution in [0.4, 0.5) is 5.69 Å². The van der Waals surface area contributed by atoms with E-state index in [4.69, 9.17) is 9.47 Å². The highest BCUT2D eigenvalue weighted by atomic mass is 16.5. The number of H-pyrrole nitrogens is 2. The lowest BCUT2D eigenvalue weighted by molar-refractivity contribution is -0.108. The third kappa shape index (κ3) is 46.0. The number of unbranched alkanes of at least 4 members (excludes halogenated alkanes) is 25. The molecule has 1 rings (SSSR count). The molecular weight excluding hydrogens is 789 g/mol. The van der Waals surface area contributed by atoms with E-state index in [-0.39, 0.29) is 0 Å². The molecule has 0 aliphatic heterocycles. The number of hydrogen-bond donors (Lipinski definition) is 3. The van der Waals surface area contributed by atoms with Gasteiger partial charge in [0.2, 0.25) is 0 Å². The van der Waals surface area contributed by atoms with Crippen LogP contribution >= 0.6 is 0 Å². The number of methoxy groups -OCH3 is 2. The van der Waals surface area contributed by atoms with Gasteiger partial charge in [0.1, 0.15) is 18.3 Å². The number of rotatable bonds is 45. The van der Waals surface area contributed by atoms with Gasteiger partial charge in [-0.3, -0.25) is 9.78 Å². The second-order valence-electron chi connectivity index (χ2n) is 17.8. The molecule has 0 aliphatic carbocycles. The molecule has 0 aromatic carbocycles. The fourth-order valence-electron chi connectivity index (χ4n) is 7.91. The van der Waals surface area contributed by atoms with Crippen LogP contribution in [0.15, 0.2) is 15.8 Å². The molecule has 0 fully saturated rings. The first-order valence-corrected chi connectivity index (χ1v) is 26.6. The van der Waals surface area contributed by atoms with E-state index in [1.54, 1.807) is 0 Å². The largest absolute Gasteiger partial charge is 0.381 e. The average Bonchev–Trinajstić information content (AvgIpc) is 3.29.